The summed E-state index contributed by atoms with van der Waals surface area (Å²) in [6, 6.07) is 14.7. The van der Waals surface area contributed by atoms with E-state index in [1.165, 1.54) is 12.4 Å². The molecule has 216 valence electrons. The van der Waals surface area contributed by atoms with Crippen molar-refractivity contribution in [1.29, 1.82) is 5.26 Å². The van der Waals surface area contributed by atoms with Crippen LogP contribution in [0, 0.1) is 23.1 Å². The standard InChI is InChI=1S/C31H33FN8O2/c1-39-10-7-21(8-11-39)37-28-15-24-27(16-29(28)41-2)35-19-36-31(24)38-26-4-3-22(13-25(26)32)42-23-5-9-34-30(14-23)40-12-6-20(17-33)18-40/h3-5,9,13-16,19-21,37H,6-8,10-12,18H2,1-2H3,(H,35,36,38). The smallest absolute Gasteiger partial charge is 0.150 e. The number of hydrogen-bond donors (Lipinski definition) is 2. The van der Waals surface area contributed by atoms with Crippen LogP contribution in [-0.4, -0.2) is 66.2 Å². The van der Waals surface area contributed by atoms with Gasteiger partial charge in [0.15, 0.2) is 0 Å². The summed E-state index contributed by atoms with van der Waals surface area (Å²) in [5, 5.41) is 16.7. The molecule has 2 saturated heterocycles. The van der Waals surface area contributed by atoms with Crippen LogP contribution in [0.3, 0.4) is 0 Å². The number of aromatic nitrogens is 3. The molecule has 2 aliphatic rings. The zero-order valence-corrected chi connectivity index (χ0v) is 23.7. The number of pyridine rings is 1. The number of methoxy groups -OCH3 is 1. The van der Waals surface area contributed by atoms with E-state index in [0.717, 1.165) is 55.8 Å². The molecule has 6 rings (SSSR count). The number of hydrogen-bond acceptors (Lipinski definition) is 10. The third-order valence-electron chi connectivity index (χ3n) is 7.88. The largest absolute Gasteiger partial charge is 0.495 e. The number of benzene rings is 2. The number of anilines is 4. The van der Waals surface area contributed by atoms with Gasteiger partial charge in [-0.2, -0.15) is 5.26 Å². The Morgan fingerprint density at radius 3 is 2.57 bits per heavy atom. The first-order valence-corrected chi connectivity index (χ1v) is 14.1. The van der Waals surface area contributed by atoms with Crippen molar-refractivity contribution in [2.45, 2.75) is 25.3 Å². The highest BCUT2D eigenvalue weighted by atomic mass is 19.1. The van der Waals surface area contributed by atoms with Gasteiger partial charge < -0.3 is 29.9 Å². The topological polar surface area (TPSA) is 111 Å². The van der Waals surface area contributed by atoms with E-state index >= 15 is 4.39 Å². The van der Waals surface area contributed by atoms with Gasteiger partial charge in [-0.15, -0.1) is 0 Å². The first-order valence-electron chi connectivity index (χ1n) is 14.1. The van der Waals surface area contributed by atoms with E-state index in [0.29, 0.717) is 41.2 Å². The Balaban J connectivity index is 1.20. The number of rotatable bonds is 8. The Kier molecular flexibility index (Phi) is 7.88. The van der Waals surface area contributed by atoms with Crippen LogP contribution >= 0.6 is 0 Å². The van der Waals surface area contributed by atoms with Gasteiger partial charge in [-0.1, -0.05) is 0 Å². The Hall–Kier alpha value is -4.69. The van der Waals surface area contributed by atoms with Gasteiger partial charge in [-0.05, 0) is 63.7 Å². The summed E-state index contributed by atoms with van der Waals surface area (Å²) >= 11 is 0. The highest BCUT2D eigenvalue weighted by Crippen LogP contribution is 2.35. The fourth-order valence-corrected chi connectivity index (χ4v) is 5.47. The van der Waals surface area contributed by atoms with Gasteiger partial charge >= 0.3 is 0 Å². The Morgan fingerprint density at radius 1 is 0.976 bits per heavy atom. The third-order valence-corrected chi connectivity index (χ3v) is 7.88. The molecule has 42 heavy (non-hydrogen) atoms. The lowest BCUT2D eigenvalue weighted by Gasteiger charge is -2.30. The predicted octanol–water partition coefficient (Wildman–Crippen LogP) is 5.56. The molecule has 4 aromatic rings. The minimum atomic E-state index is -0.483. The maximum Gasteiger partial charge on any atom is 0.150 e. The summed E-state index contributed by atoms with van der Waals surface area (Å²) in [5.74, 6) is 2.34. The van der Waals surface area contributed by atoms with Gasteiger partial charge in [0.25, 0.3) is 0 Å². The summed E-state index contributed by atoms with van der Waals surface area (Å²) in [7, 11) is 3.78. The van der Waals surface area contributed by atoms with E-state index in [2.05, 4.69) is 48.5 Å². The molecule has 10 nitrogen and oxygen atoms in total. The average Bonchev–Trinajstić information content (AvgIpc) is 3.49. The van der Waals surface area contributed by atoms with Crippen LogP contribution in [0.1, 0.15) is 19.3 Å². The van der Waals surface area contributed by atoms with Crippen LogP contribution in [0.5, 0.6) is 17.2 Å². The molecule has 0 saturated carbocycles. The monoisotopic (exact) mass is 568 g/mol. The first-order chi connectivity index (χ1) is 20.5. The molecule has 0 spiro atoms. The Bertz CT molecular complexity index is 1620. The zero-order valence-electron chi connectivity index (χ0n) is 23.7. The van der Waals surface area contributed by atoms with E-state index in [4.69, 9.17) is 9.47 Å². The minimum Gasteiger partial charge on any atom is -0.495 e. The quantitative estimate of drug-likeness (QED) is 0.280. The Labute approximate surface area is 244 Å². The zero-order chi connectivity index (χ0) is 29.1. The van der Waals surface area contributed by atoms with Crippen molar-refractivity contribution in [3.63, 3.8) is 0 Å². The molecule has 1 atom stereocenters. The van der Waals surface area contributed by atoms with Crippen LogP contribution < -0.4 is 25.0 Å². The second-order valence-corrected chi connectivity index (χ2v) is 10.8. The molecule has 2 aromatic carbocycles. The number of halogens is 1. The molecule has 11 heteroatoms. The molecular weight excluding hydrogens is 535 g/mol. The SMILES string of the molecule is COc1cc2ncnc(Nc3ccc(Oc4ccnc(N5CCC(C#N)C5)c4)cc3F)c2cc1NC1CCN(C)CC1. The van der Waals surface area contributed by atoms with Gasteiger partial charge in [0.05, 0.1) is 36.0 Å². The molecule has 2 fully saturated rings. The van der Waals surface area contributed by atoms with E-state index in [1.807, 2.05) is 18.2 Å². The van der Waals surface area contributed by atoms with E-state index in [1.54, 1.807) is 31.5 Å². The van der Waals surface area contributed by atoms with Gasteiger partial charge in [0, 0.05) is 48.9 Å². The molecule has 0 bridgehead atoms. The number of piperidine rings is 1. The van der Waals surface area contributed by atoms with E-state index < -0.39 is 5.82 Å². The van der Waals surface area contributed by atoms with Crippen molar-refractivity contribution >= 4 is 33.9 Å². The molecule has 0 radical (unpaired) electrons. The van der Waals surface area contributed by atoms with Gasteiger partial charge in [0.2, 0.25) is 0 Å². The molecule has 1 unspecified atom stereocenters. The molecular formula is C31H33FN8O2. The lowest BCUT2D eigenvalue weighted by molar-refractivity contribution is 0.263. The summed E-state index contributed by atoms with van der Waals surface area (Å²) in [6.07, 6.45) is 5.99. The van der Waals surface area contributed by atoms with Gasteiger partial charge in [0.1, 0.15) is 41.0 Å². The number of nitrogens with zero attached hydrogens (tertiary/aromatic N) is 6. The molecule has 2 aliphatic heterocycles. The number of nitrogens with one attached hydrogen (secondary N) is 2. The van der Waals surface area contributed by atoms with Crippen molar-refractivity contribution in [2.24, 2.45) is 5.92 Å². The highest BCUT2D eigenvalue weighted by molar-refractivity contribution is 5.95. The third kappa shape index (κ3) is 5.99. The maximum absolute atomic E-state index is 15.3. The van der Waals surface area contributed by atoms with Crippen molar-refractivity contribution < 1.29 is 13.9 Å². The second-order valence-electron chi connectivity index (χ2n) is 10.8. The summed E-state index contributed by atoms with van der Waals surface area (Å²) in [4.78, 5) is 17.6. The first kappa shape index (κ1) is 27.5. The van der Waals surface area contributed by atoms with E-state index in [9.17, 15) is 5.26 Å². The molecule has 4 heterocycles. The Morgan fingerprint density at radius 2 is 1.81 bits per heavy atom. The summed E-state index contributed by atoms with van der Waals surface area (Å²) in [6.45, 7) is 3.48. The normalized spacial score (nSPS) is 17.7. The van der Waals surface area contributed by atoms with Crippen molar-refractivity contribution in [3.05, 3.63) is 60.8 Å². The van der Waals surface area contributed by atoms with E-state index in [-0.39, 0.29) is 11.6 Å². The van der Waals surface area contributed by atoms with Gasteiger partial charge in [-0.3, -0.25) is 0 Å². The molecule has 0 amide bonds. The van der Waals surface area contributed by atoms with Crippen LogP contribution in [0.4, 0.5) is 27.4 Å². The number of fused-ring (bicyclic) bond motifs is 1. The highest BCUT2D eigenvalue weighted by Gasteiger charge is 2.23. The van der Waals surface area contributed by atoms with Gasteiger partial charge in [-0.25, -0.2) is 19.3 Å². The van der Waals surface area contributed by atoms with Crippen LogP contribution in [-0.2, 0) is 0 Å². The fourth-order valence-electron chi connectivity index (χ4n) is 5.47. The van der Waals surface area contributed by atoms with Crippen LogP contribution in [0.2, 0.25) is 0 Å². The van der Waals surface area contributed by atoms with Crippen molar-refractivity contribution in [1.82, 2.24) is 19.9 Å². The molecule has 2 N–H and O–H groups in total. The number of likely N-dealkylation sites (tertiary alicyclic amines) is 1. The number of nitriles is 1. The minimum absolute atomic E-state index is 0.00146. The number of ether oxygens (including phenoxy) is 2. The fraction of sp³-hybridized carbons (Fsp3) is 0.355. The van der Waals surface area contributed by atoms with Crippen molar-refractivity contribution in [2.75, 3.05) is 55.9 Å². The summed E-state index contributed by atoms with van der Waals surface area (Å²) in [5.41, 5.74) is 1.81. The predicted molar refractivity (Wildman–Crippen MR) is 160 cm³/mol. The lowest BCUT2D eigenvalue weighted by Crippen LogP contribution is -2.36. The average molecular weight is 569 g/mol. The second kappa shape index (κ2) is 12.0. The summed E-state index contributed by atoms with van der Waals surface area (Å²) < 4.78 is 26.9. The van der Waals surface area contributed by atoms with Crippen molar-refractivity contribution in [3.8, 4) is 23.3 Å². The lowest BCUT2D eigenvalue weighted by atomic mass is 10.0. The molecule has 2 aromatic heterocycles. The maximum atomic E-state index is 15.3. The molecule has 0 aliphatic carbocycles. The van der Waals surface area contributed by atoms with Crippen LogP contribution in [0.25, 0.3) is 10.9 Å². The van der Waals surface area contributed by atoms with Crippen LogP contribution in [0.15, 0.2) is 55.0 Å².